The molecule has 0 spiro atoms. The zero-order valence-corrected chi connectivity index (χ0v) is 7.33. The number of nitrogens with two attached hydrogens (primary N) is 1. The molecule has 4 N–H and O–H groups in total. The van der Waals surface area contributed by atoms with Crippen LogP contribution in [0, 0.1) is 11.3 Å². The Balaban J connectivity index is 2.82. The van der Waals surface area contributed by atoms with Crippen molar-refractivity contribution in [1.29, 1.82) is 5.26 Å². The summed E-state index contributed by atoms with van der Waals surface area (Å²) >= 11 is 0. The van der Waals surface area contributed by atoms with E-state index in [-0.39, 0.29) is 12.4 Å². The minimum Gasteiger partial charge on any atom is -0.389 e. The predicted octanol–water partition coefficient (Wildman–Crippen LogP) is -1.30. The van der Waals surface area contributed by atoms with Crippen molar-refractivity contribution in [3.05, 3.63) is 23.8 Å². The number of rotatable bonds is 3. The molecule has 74 valence electrons. The van der Waals surface area contributed by atoms with Gasteiger partial charge in [0.25, 0.3) is 0 Å². The van der Waals surface area contributed by atoms with E-state index in [4.69, 9.17) is 11.0 Å². The second-order valence-corrected chi connectivity index (χ2v) is 2.70. The molecule has 0 bridgehead atoms. The van der Waals surface area contributed by atoms with E-state index >= 15 is 0 Å². The van der Waals surface area contributed by atoms with E-state index in [2.05, 4.69) is 9.97 Å². The zero-order valence-electron chi connectivity index (χ0n) is 7.33. The van der Waals surface area contributed by atoms with Gasteiger partial charge in [-0.25, -0.2) is 9.97 Å². The van der Waals surface area contributed by atoms with Crippen molar-refractivity contribution in [1.82, 2.24) is 9.97 Å². The highest BCUT2D eigenvalue weighted by Crippen LogP contribution is 2.13. The summed E-state index contributed by atoms with van der Waals surface area (Å²) in [5.41, 5.74) is 5.50. The Morgan fingerprint density at radius 1 is 1.43 bits per heavy atom. The van der Waals surface area contributed by atoms with Crippen molar-refractivity contribution in [2.24, 2.45) is 5.73 Å². The number of hydrogen-bond donors (Lipinski definition) is 3. The van der Waals surface area contributed by atoms with E-state index in [9.17, 15) is 10.2 Å². The molecule has 1 aromatic rings. The van der Waals surface area contributed by atoms with Gasteiger partial charge in [-0.2, -0.15) is 5.26 Å². The van der Waals surface area contributed by atoms with Gasteiger partial charge in [0.15, 0.2) is 0 Å². The molecule has 2 atom stereocenters. The van der Waals surface area contributed by atoms with E-state index in [1.54, 1.807) is 6.07 Å². The van der Waals surface area contributed by atoms with Gasteiger partial charge in [-0.05, 0) is 0 Å². The Hall–Kier alpha value is -1.55. The van der Waals surface area contributed by atoms with Gasteiger partial charge in [0.05, 0.1) is 6.10 Å². The maximum absolute atomic E-state index is 9.46. The van der Waals surface area contributed by atoms with Crippen molar-refractivity contribution >= 4 is 0 Å². The fraction of sp³-hybridized carbons (Fsp3) is 0.375. The molecule has 0 radical (unpaired) electrons. The smallest absolute Gasteiger partial charge is 0.232 e. The molecule has 1 heterocycles. The number of hydrogen-bond acceptors (Lipinski definition) is 6. The van der Waals surface area contributed by atoms with Crippen LogP contribution in [0.4, 0.5) is 0 Å². The predicted molar refractivity (Wildman–Crippen MR) is 46.8 cm³/mol. The van der Waals surface area contributed by atoms with Crippen molar-refractivity contribution in [3.63, 3.8) is 0 Å². The summed E-state index contributed by atoms with van der Waals surface area (Å²) in [6.07, 6.45) is 0.406. The summed E-state index contributed by atoms with van der Waals surface area (Å²) < 4.78 is 0. The normalized spacial score (nSPS) is 14.4. The Bertz CT molecular complexity index is 332. The Kier molecular flexibility index (Phi) is 3.48. The fourth-order valence-electron chi connectivity index (χ4n) is 0.900. The van der Waals surface area contributed by atoms with Gasteiger partial charge in [-0.15, -0.1) is 0 Å². The Morgan fingerprint density at radius 2 is 2.00 bits per heavy atom. The van der Waals surface area contributed by atoms with Crippen LogP contribution in [0.25, 0.3) is 0 Å². The Morgan fingerprint density at radius 3 is 2.43 bits per heavy atom. The quantitative estimate of drug-likeness (QED) is 0.550. The number of nitrogens with zero attached hydrogens (tertiary/aromatic N) is 3. The Labute approximate surface area is 80.7 Å². The standard InChI is InChI=1S/C8H10N4O2/c9-1-6(13)8(14)5-3-11-7(2-10)12-4-5/h3-4,6,8,13-14H,1,9H2. The van der Waals surface area contributed by atoms with Crippen LogP contribution < -0.4 is 5.73 Å². The molecule has 0 aliphatic carbocycles. The third-order valence-corrected chi connectivity index (χ3v) is 1.72. The average molecular weight is 194 g/mol. The second-order valence-electron chi connectivity index (χ2n) is 2.70. The number of aliphatic hydroxyl groups excluding tert-OH is 2. The highest BCUT2D eigenvalue weighted by Gasteiger charge is 2.17. The third kappa shape index (κ3) is 2.23. The van der Waals surface area contributed by atoms with Crippen molar-refractivity contribution in [3.8, 4) is 6.07 Å². The van der Waals surface area contributed by atoms with Crippen LogP contribution in [-0.4, -0.2) is 32.8 Å². The first-order chi connectivity index (χ1) is 6.69. The van der Waals surface area contributed by atoms with Crippen LogP contribution in [0.5, 0.6) is 0 Å². The monoisotopic (exact) mass is 194 g/mol. The van der Waals surface area contributed by atoms with Gasteiger partial charge in [0, 0.05) is 24.5 Å². The summed E-state index contributed by atoms with van der Waals surface area (Å²) in [6.45, 7) is -0.0544. The number of aromatic nitrogens is 2. The largest absolute Gasteiger partial charge is 0.389 e. The molecule has 0 amide bonds. The van der Waals surface area contributed by atoms with Crippen LogP contribution in [-0.2, 0) is 0 Å². The van der Waals surface area contributed by atoms with Gasteiger partial charge in [0.1, 0.15) is 12.2 Å². The molecule has 0 saturated heterocycles. The number of nitriles is 1. The molecule has 0 saturated carbocycles. The van der Waals surface area contributed by atoms with Crippen LogP contribution in [0.15, 0.2) is 12.4 Å². The first-order valence-electron chi connectivity index (χ1n) is 3.97. The molecular formula is C8H10N4O2. The molecule has 0 aliphatic rings. The molecule has 0 aromatic carbocycles. The minimum absolute atomic E-state index is 0.0168. The van der Waals surface area contributed by atoms with E-state index < -0.39 is 12.2 Å². The molecular weight excluding hydrogens is 184 g/mol. The molecule has 6 nitrogen and oxygen atoms in total. The minimum atomic E-state index is -1.12. The van der Waals surface area contributed by atoms with E-state index in [1.165, 1.54) is 12.4 Å². The summed E-state index contributed by atoms with van der Waals surface area (Å²) in [5.74, 6) is 0.0168. The van der Waals surface area contributed by atoms with Gasteiger partial charge >= 0.3 is 0 Å². The van der Waals surface area contributed by atoms with E-state index in [1.807, 2.05) is 0 Å². The molecule has 6 heteroatoms. The first kappa shape index (κ1) is 10.5. The highest BCUT2D eigenvalue weighted by molar-refractivity contribution is 5.15. The van der Waals surface area contributed by atoms with Gasteiger partial charge in [0.2, 0.25) is 5.82 Å². The molecule has 0 aliphatic heterocycles. The first-order valence-corrected chi connectivity index (χ1v) is 3.97. The second kappa shape index (κ2) is 4.62. The molecule has 1 rings (SSSR count). The maximum atomic E-state index is 9.46. The average Bonchev–Trinajstić information content (AvgIpc) is 2.27. The molecule has 1 aromatic heterocycles. The lowest BCUT2D eigenvalue weighted by Gasteiger charge is -2.15. The molecule has 2 unspecified atom stereocenters. The van der Waals surface area contributed by atoms with Crippen LogP contribution in [0.3, 0.4) is 0 Å². The lowest BCUT2D eigenvalue weighted by molar-refractivity contribution is 0.0239. The fourth-order valence-corrected chi connectivity index (χ4v) is 0.900. The van der Waals surface area contributed by atoms with Gasteiger partial charge in [-0.3, -0.25) is 0 Å². The maximum Gasteiger partial charge on any atom is 0.232 e. The van der Waals surface area contributed by atoms with Crippen LogP contribution >= 0.6 is 0 Å². The van der Waals surface area contributed by atoms with E-state index in [0.717, 1.165) is 0 Å². The van der Waals surface area contributed by atoms with Gasteiger partial charge < -0.3 is 15.9 Å². The van der Waals surface area contributed by atoms with Gasteiger partial charge in [-0.1, -0.05) is 0 Å². The SMILES string of the molecule is N#Cc1ncc(C(O)C(O)CN)cn1. The highest BCUT2D eigenvalue weighted by atomic mass is 16.3. The lowest BCUT2D eigenvalue weighted by atomic mass is 10.1. The summed E-state index contributed by atoms with van der Waals surface area (Å²) in [7, 11) is 0. The zero-order chi connectivity index (χ0) is 10.6. The molecule has 14 heavy (non-hydrogen) atoms. The summed E-state index contributed by atoms with van der Waals surface area (Å²) in [4.78, 5) is 7.30. The van der Waals surface area contributed by atoms with Crippen molar-refractivity contribution in [2.45, 2.75) is 12.2 Å². The summed E-state index contributed by atoms with van der Waals surface area (Å²) in [5, 5.41) is 27.1. The number of aliphatic hydroxyl groups is 2. The third-order valence-electron chi connectivity index (χ3n) is 1.72. The van der Waals surface area contributed by atoms with E-state index in [0.29, 0.717) is 5.56 Å². The van der Waals surface area contributed by atoms with Crippen LogP contribution in [0.2, 0.25) is 0 Å². The topological polar surface area (TPSA) is 116 Å². The summed E-state index contributed by atoms with van der Waals surface area (Å²) in [6, 6.07) is 1.75. The lowest BCUT2D eigenvalue weighted by Crippen LogP contribution is -2.27. The van der Waals surface area contributed by atoms with Crippen molar-refractivity contribution in [2.75, 3.05) is 6.54 Å². The van der Waals surface area contributed by atoms with Crippen LogP contribution in [0.1, 0.15) is 17.5 Å². The van der Waals surface area contributed by atoms with Crippen molar-refractivity contribution < 1.29 is 10.2 Å². The molecule has 0 fully saturated rings.